The number of carbonyl (C=O) groups is 1. The highest BCUT2D eigenvalue weighted by atomic mass is 19.1. The highest BCUT2D eigenvalue weighted by Gasteiger charge is 2.08. The van der Waals surface area contributed by atoms with Crippen LogP contribution in [-0.2, 0) is 0 Å². The van der Waals surface area contributed by atoms with Crippen molar-refractivity contribution in [2.24, 2.45) is 0 Å². The van der Waals surface area contributed by atoms with Crippen molar-refractivity contribution in [3.05, 3.63) is 60.0 Å². The number of hydrogen-bond acceptors (Lipinski definition) is 1. The Morgan fingerprint density at radius 1 is 1.06 bits per heavy atom. The number of para-hydroxylation sites is 1. The molecule has 0 aliphatic rings. The number of carbonyl (C=O) groups excluding carboxylic acids is 1. The first kappa shape index (κ1) is 10.7. The molecule has 1 heterocycles. The number of halogens is 1. The number of hydrogen-bond donors (Lipinski definition) is 1. The molecule has 1 N–H and O–H groups in total. The summed E-state index contributed by atoms with van der Waals surface area (Å²) in [6.07, 6.45) is 2.51. The lowest BCUT2D eigenvalue weighted by Gasteiger charge is -2.03. The topological polar surface area (TPSA) is 32.9 Å². The SMILES string of the molecule is O=Cc1c[nH]c2c(-c3ccc(F)cc3)cccc12. The molecule has 0 bridgehead atoms. The molecule has 2 aromatic carbocycles. The molecular formula is C15H10FNO. The summed E-state index contributed by atoms with van der Waals surface area (Å²) in [5.74, 6) is -0.258. The van der Waals surface area contributed by atoms with E-state index in [1.54, 1.807) is 18.3 Å². The van der Waals surface area contributed by atoms with Gasteiger partial charge in [0.15, 0.2) is 6.29 Å². The Kier molecular flexibility index (Phi) is 2.45. The van der Waals surface area contributed by atoms with Crippen molar-refractivity contribution in [3.63, 3.8) is 0 Å². The zero-order valence-electron chi connectivity index (χ0n) is 9.48. The van der Waals surface area contributed by atoms with Gasteiger partial charge in [-0.1, -0.05) is 30.3 Å². The molecule has 18 heavy (non-hydrogen) atoms. The molecule has 2 nitrogen and oxygen atoms in total. The Balaban J connectivity index is 2.26. The predicted molar refractivity (Wildman–Crippen MR) is 69.1 cm³/mol. The highest BCUT2D eigenvalue weighted by Crippen LogP contribution is 2.29. The summed E-state index contributed by atoms with van der Waals surface area (Å²) in [6.45, 7) is 0. The fourth-order valence-electron chi connectivity index (χ4n) is 2.14. The maximum Gasteiger partial charge on any atom is 0.152 e. The second kappa shape index (κ2) is 4.11. The van der Waals surface area contributed by atoms with E-state index >= 15 is 0 Å². The molecule has 0 aliphatic heterocycles. The van der Waals surface area contributed by atoms with E-state index in [0.29, 0.717) is 5.56 Å². The van der Waals surface area contributed by atoms with Crippen LogP contribution in [0.2, 0.25) is 0 Å². The van der Waals surface area contributed by atoms with Gasteiger partial charge in [-0.25, -0.2) is 4.39 Å². The molecule has 3 heteroatoms. The molecule has 88 valence electrons. The van der Waals surface area contributed by atoms with E-state index in [9.17, 15) is 9.18 Å². The van der Waals surface area contributed by atoms with Gasteiger partial charge in [-0.15, -0.1) is 0 Å². The molecule has 3 rings (SSSR count). The molecule has 0 atom stereocenters. The maximum absolute atomic E-state index is 12.9. The van der Waals surface area contributed by atoms with Crippen LogP contribution < -0.4 is 0 Å². The van der Waals surface area contributed by atoms with E-state index < -0.39 is 0 Å². The number of aldehydes is 1. The largest absolute Gasteiger partial charge is 0.360 e. The van der Waals surface area contributed by atoms with Gasteiger partial charge in [-0.2, -0.15) is 0 Å². The Bertz CT molecular complexity index is 713. The van der Waals surface area contributed by atoms with Gasteiger partial charge in [0.2, 0.25) is 0 Å². The lowest BCUT2D eigenvalue weighted by Crippen LogP contribution is -1.82. The van der Waals surface area contributed by atoms with Crippen LogP contribution in [0.5, 0.6) is 0 Å². The van der Waals surface area contributed by atoms with Crippen LogP contribution in [0.4, 0.5) is 4.39 Å². The van der Waals surface area contributed by atoms with Gasteiger partial charge in [0.05, 0.1) is 5.52 Å². The van der Waals surface area contributed by atoms with Crippen molar-refractivity contribution in [1.29, 1.82) is 0 Å². The van der Waals surface area contributed by atoms with E-state index in [4.69, 9.17) is 0 Å². The van der Waals surface area contributed by atoms with Crippen molar-refractivity contribution in [1.82, 2.24) is 4.98 Å². The molecule has 0 saturated heterocycles. The Morgan fingerprint density at radius 2 is 1.83 bits per heavy atom. The molecule has 0 fully saturated rings. The summed E-state index contributed by atoms with van der Waals surface area (Å²) >= 11 is 0. The molecule has 0 aliphatic carbocycles. The minimum absolute atomic E-state index is 0.258. The summed E-state index contributed by atoms with van der Waals surface area (Å²) < 4.78 is 12.9. The number of aromatic amines is 1. The van der Waals surface area contributed by atoms with E-state index in [1.165, 1.54) is 12.1 Å². The van der Waals surface area contributed by atoms with E-state index in [2.05, 4.69) is 4.98 Å². The zero-order chi connectivity index (χ0) is 12.5. The molecule has 0 spiro atoms. The average molecular weight is 239 g/mol. The van der Waals surface area contributed by atoms with E-state index in [-0.39, 0.29) is 5.82 Å². The van der Waals surface area contributed by atoms with Crippen LogP contribution in [0.1, 0.15) is 10.4 Å². The first-order chi connectivity index (χ1) is 8.79. The maximum atomic E-state index is 12.9. The minimum atomic E-state index is -0.258. The van der Waals surface area contributed by atoms with Gasteiger partial charge >= 0.3 is 0 Å². The summed E-state index contributed by atoms with van der Waals surface area (Å²) in [7, 11) is 0. The van der Waals surface area contributed by atoms with Crippen molar-refractivity contribution in [2.75, 3.05) is 0 Å². The van der Waals surface area contributed by atoms with Crippen LogP contribution in [-0.4, -0.2) is 11.3 Å². The van der Waals surface area contributed by atoms with Crippen LogP contribution in [0.25, 0.3) is 22.0 Å². The van der Waals surface area contributed by atoms with Crippen molar-refractivity contribution < 1.29 is 9.18 Å². The van der Waals surface area contributed by atoms with Crippen LogP contribution in [0, 0.1) is 5.82 Å². The van der Waals surface area contributed by atoms with Crippen LogP contribution in [0.3, 0.4) is 0 Å². The summed E-state index contributed by atoms with van der Waals surface area (Å²) in [5.41, 5.74) is 3.40. The number of fused-ring (bicyclic) bond motifs is 1. The second-order valence-electron chi connectivity index (χ2n) is 4.10. The molecule has 0 unspecified atom stereocenters. The normalized spacial score (nSPS) is 10.7. The van der Waals surface area contributed by atoms with Crippen LogP contribution >= 0.6 is 0 Å². The smallest absolute Gasteiger partial charge is 0.152 e. The molecule has 0 radical (unpaired) electrons. The molecule has 0 saturated carbocycles. The van der Waals surface area contributed by atoms with Crippen molar-refractivity contribution >= 4 is 17.2 Å². The zero-order valence-corrected chi connectivity index (χ0v) is 9.48. The van der Waals surface area contributed by atoms with E-state index in [0.717, 1.165) is 28.3 Å². The first-order valence-corrected chi connectivity index (χ1v) is 5.61. The Labute approximate surface area is 103 Å². The number of aromatic nitrogens is 1. The number of nitrogens with one attached hydrogen (secondary N) is 1. The van der Waals surface area contributed by atoms with Gasteiger partial charge in [0, 0.05) is 22.7 Å². The predicted octanol–water partition coefficient (Wildman–Crippen LogP) is 3.79. The van der Waals surface area contributed by atoms with Gasteiger partial charge in [0.1, 0.15) is 5.82 Å². The third-order valence-corrected chi connectivity index (χ3v) is 3.03. The Morgan fingerprint density at radius 3 is 2.56 bits per heavy atom. The number of H-pyrrole nitrogens is 1. The van der Waals surface area contributed by atoms with Crippen molar-refractivity contribution in [2.45, 2.75) is 0 Å². The van der Waals surface area contributed by atoms with Gasteiger partial charge in [-0.05, 0) is 17.7 Å². The lowest BCUT2D eigenvalue weighted by molar-refractivity contribution is 0.112. The fraction of sp³-hybridized carbons (Fsp3) is 0. The van der Waals surface area contributed by atoms with Gasteiger partial charge in [0.25, 0.3) is 0 Å². The third kappa shape index (κ3) is 1.61. The second-order valence-corrected chi connectivity index (χ2v) is 4.10. The minimum Gasteiger partial charge on any atom is -0.360 e. The number of rotatable bonds is 2. The fourth-order valence-corrected chi connectivity index (χ4v) is 2.14. The monoisotopic (exact) mass is 239 g/mol. The lowest BCUT2D eigenvalue weighted by atomic mass is 10.0. The van der Waals surface area contributed by atoms with Gasteiger partial charge in [-0.3, -0.25) is 4.79 Å². The first-order valence-electron chi connectivity index (χ1n) is 5.61. The van der Waals surface area contributed by atoms with E-state index in [1.807, 2.05) is 18.2 Å². The summed E-state index contributed by atoms with van der Waals surface area (Å²) in [5, 5.41) is 0.881. The molecule has 3 aromatic rings. The molecule has 0 amide bonds. The molecular weight excluding hydrogens is 229 g/mol. The average Bonchev–Trinajstić information content (AvgIpc) is 2.82. The number of benzene rings is 2. The third-order valence-electron chi connectivity index (χ3n) is 3.03. The standard InChI is InChI=1S/C15H10FNO/c16-12-6-4-10(5-7-12)13-2-1-3-14-11(9-18)8-17-15(13)14/h1-9,17H. The van der Waals surface area contributed by atoms with Crippen LogP contribution in [0.15, 0.2) is 48.7 Å². The Hall–Kier alpha value is -2.42. The highest BCUT2D eigenvalue weighted by molar-refractivity contribution is 6.03. The van der Waals surface area contributed by atoms with Crippen molar-refractivity contribution in [3.8, 4) is 11.1 Å². The summed E-state index contributed by atoms with van der Waals surface area (Å²) in [4.78, 5) is 14.0. The molecule has 1 aromatic heterocycles. The quantitative estimate of drug-likeness (QED) is 0.678. The van der Waals surface area contributed by atoms with Gasteiger partial charge < -0.3 is 4.98 Å². The summed E-state index contributed by atoms with van der Waals surface area (Å²) in [6, 6.07) is 12.0.